The number of hydrogen-bond acceptors (Lipinski definition) is 7. The summed E-state index contributed by atoms with van der Waals surface area (Å²) in [7, 11) is 0. The van der Waals surface area contributed by atoms with Crippen LogP contribution in [0.25, 0.3) is 0 Å². The second-order valence-corrected chi connectivity index (χ2v) is 10.2. The van der Waals surface area contributed by atoms with Gasteiger partial charge in [-0.05, 0) is 66.7 Å². The van der Waals surface area contributed by atoms with Crippen molar-refractivity contribution < 1.29 is 4.79 Å². The number of rotatable bonds is 7. The maximum atomic E-state index is 13.0. The Morgan fingerprint density at radius 3 is 2.66 bits per heavy atom. The number of hydrogen-bond donors (Lipinski definition) is 1. The van der Waals surface area contributed by atoms with E-state index >= 15 is 0 Å². The van der Waals surface area contributed by atoms with E-state index in [2.05, 4.69) is 53.7 Å². The van der Waals surface area contributed by atoms with Crippen LogP contribution in [0, 0.1) is 0 Å². The monoisotopic (exact) mass is 455 g/mol. The minimum atomic E-state index is -0.459. The Hall–Kier alpha value is -2.13. The lowest BCUT2D eigenvalue weighted by molar-refractivity contribution is -0.125. The molecule has 3 aliphatic rings. The van der Waals surface area contributed by atoms with E-state index in [1.807, 2.05) is 30.0 Å². The van der Waals surface area contributed by atoms with Crippen molar-refractivity contribution in [1.82, 2.24) is 30.4 Å². The molecule has 32 heavy (non-hydrogen) atoms. The van der Waals surface area contributed by atoms with Gasteiger partial charge >= 0.3 is 0 Å². The highest BCUT2D eigenvalue weighted by atomic mass is 32.2. The first-order valence-electron chi connectivity index (χ1n) is 11.8. The topological polar surface area (TPSA) is 79.2 Å². The first kappa shape index (κ1) is 21.7. The number of tetrazole rings is 1. The van der Waals surface area contributed by atoms with E-state index in [1.54, 1.807) is 0 Å². The predicted molar refractivity (Wildman–Crippen MR) is 127 cm³/mol. The molecule has 1 amide bonds. The van der Waals surface area contributed by atoms with Gasteiger partial charge in [0.1, 0.15) is 5.54 Å². The molecule has 1 unspecified atom stereocenters. The van der Waals surface area contributed by atoms with E-state index in [-0.39, 0.29) is 11.9 Å². The van der Waals surface area contributed by atoms with Gasteiger partial charge in [-0.15, -0.1) is 5.10 Å². The number of nitrogens with zero attached hydrogens (tertiary/aromatic N) is 6. The molecule has 1 aromatic carbocycles. The van der Waals surface area contributed by atoms with Crippen LogP contribution < -0.4 is 10.2 Å². The van der Waals surface area contributed by atoms with Crippen LogP contribution in [0.1, 0.15) is 62.9 Å². The summed E-state index contributed by atoms with van der Waals surface area (Å²) in [6.07, 6.45) is 9.67. The van der Waals surface area contributed by atoms with E-state index in [0.717, 1.165) is 49.6 Å². The number of carbonyl (C=O) groups is 1. The number of anilines is 1. The van der Waals surface area contributed by atoms with Crippen molar-refractivity contribution in [3.63, 3.8) is 0 Å². The van der Waals surface area contributed by atoms with Crippen molar-refractivity contribution in [2.75, 3.05) is 36.7 Å². The molecule has 0 bridgehead atoms. The molecule has 0 radical (unpaired) electrons. The van der Waals surface area contributed by atoms with E-state index < -0.39 is 5.54 Å². The average molecular weight is 456 g/mol. The molecule has 1 atom stereocenters. The van der Waals surface area contributed by atoms with Crippen molar-refractivity contribution in [2.24, 2.45) is 0 Å². The Balaban J connectivity index is 1.36. The van der Waals surface area contributed by atoms with Crippen LogP contribution in [0.3, 0.4) is 0 Å². The number of thioether (sulfide) groups is 1. The summed E-state index contributed by atoms with van der Waals surface area (Å²) < 4.78 is 2.11. The molecule has 5 rings (SSSR count). The third-order valence-electron chi connectivity index (χ3n) is 7.55. The first-order chi connectivity index (χ1) is 15.7. The third-order valence-corrected chi connectivity index (χ3v) is 8.20. The molecule has 172 valence electrons. The first-order valence-corrected chi connectivity index (χ1v) is 13.2. The van der Waals surface area contributed by atoms with Crippen LogP contribution in [-0.2, 0) is 4.79 Å². The van der Waals surface area contributed by atoms with Gasteiger partial charge in [-0.3, -0.25) is 9.69 Å². The Kier molecular flexibility index (Phi) is 6.37. The van der Waals surface area contributed by atoms with Crippen molar-refractivity contribution in [2.45, 2.75) is 62.6 Å². The number of carbonyl (C=O) groups excluding carboxylic acids is 1. The highest BCUT2D eigenvalue weighted by Crippen LogP contribution is 2.39. The third kappa shape index (κ3) is 3.90. The number of amides is 1. The summed E-state index contributed by atoms with van der Waals surface area (Å²) in [4.78, 5) is 17.8. The van der Waals surface area contributed by atoms with Crippen molar-refractivity contribution in [1.29, 1.82) is 0 Å². The molecule has 2 saturated heterocycles. The van der Waals surface area contributed by atoms with Gasteiger partial charge in [-0.1, -0.05) is 31.0 Å². The predicted octanol–water partition coefficient (Wildman–Crippen LogP) is 3.01. The average Bonchev–Trinajstić information content (AvgIpc) is 3.58. The smallest absolute Gasteiger partial charge is 0.247 e. The number of para-hydroxylation sites is 1. The van der Waals surface area contributed by atoms with E-state index in [9.17, 15) is 4.79 Å². The zero-order valence-electron chi connectivity index (χ0n) is 18.8. The Labute approximate surface area is 194 Å². The highest BCUT2D eigenvalue weighted by Gasteiger charge is 2.51. The SMILES string of the molecule is CSCCC(c1nnnn1C1CCCC1)N1CCC2(CC1)C(=O)NCN2c1ccccc1. The number of nitrogens with one attached hydrogen (secondary N) is 1. The summed E-state index contributed by atoms with van der Waals surface area (Å²) in [5, 5.41) is 16.1. The lowest BCUT2D eigenvalue weighted by atomic mass is 9.85. The molecule has 1 aliphatic carbocycles. The molecular weight excluding hydrogens is 422 g/mol. The number of likely N-dealkylation sites (tertiary alicyclic amines) is 1. The van der Waals surface area contributed by atoms with Crippen LogP contribution in [0.4, 0.5) is 5.69 Å². The van der Waals surface area contributed by atoms with E-state index in [0.29, 0.717) is 12.7 Å². The van der Waals surface area contributed by atoms with Crippen LogP contribution >= 0.6 is 11.8 Å². The van der Waals surface area contributed by atoms with E-state index in [1.165, 1.54) is 25.7 Å². The summed E-state index contributed by atoms with van der Waals surface area (Å²) in [5.41, 5.74) is 0.655. The molecule has 1 saturated carbocycles. The second kappa shape index (κ2) is 9.39. The van der Waals surface area contributed by atoms with Gasteiger partial charge in [0.2, 0.25) is 5.91 Å². The molecule has 1 N–H and O–H groups in total. The lowest BCUT2D eigenvalue weighted by Gasteiger charge is -2.45. The molecule has 1 spiro atoms. The fourth-order valence-electron chi connectivity index (χ4n) is 5.77. The molecular formula is C23H33N7OS. The fourth-order valence-corrected chi connectivity index (χ4v) is 6.23. The molecule has 3 fully saturated rings. The van der Waals surface area contributed by atoms with Gasteiger partial charge < -0.3 is 10.2 Å². The zero-order valence-corrected chi connectivity index (χ0v) is 19.6. The van der Waals surface area contributed by atoms with Crippen molar-refractivity contribution in [3.05, 3.63) is 36.2 Å². The largest absolute Gasteiger partial charge is 0.339 e. The second-order valence-electron chi connectivity index (χ2n) is 9.21. The lowest BCUT2D eigenvalue weighted by Crippen LogP contribution is -2.57. The quantitative estimate of drug-likeness (QED) is 0.687. The Morgan fingerprint density at radius 2 is 1.94 bits per heavy atom. The number of piperidine rings is 1. The summed E-state index contributed by atoms with van der Waals surface area (Å²) in [5.74, 6) is 2.25. The van der Waals surface area contributed by atoms with Crippen LogP contribution in [-0.4, -0.2) is 68.3 Å². The van der Waals surface area contributed by atoms with Gasteiger partial charge in [-0.2, -0.15) is 11.8 Å². The van der Waals surface area contributed by atoms with Gasteiger partial charge in [0, 0.05) is 18.8 Å². The minimum Gasteiger partial charge on any atom is -0.339 e. The number of aromatic nitrogens is 4. The van der Waals surface area contributed by atoms with Crippen LogP contribution in [0.15, 0.2) is 30.3 Å². The molecule has 2 aromatic rings. The van der Waals surface area contributed by atoms with Gasteiger partial charge in [0.05, 0.1) is 18.8 Å². The molecule has 8 nitrogen and oxygen atoms in total. The van der Waals surface area contributed by atoms with Crippen LogP contribution in [0.5, 0.6) is 0 Å². The van der Waals surface area contributed by atoms with Gasteiger partial charge in [-0.25, -0.2) is 4.68 Å². The maximum absolute atomic E-state index is 13.0. The summed E-state index contributed by atoms with van der Waals surface area (Å²) >= 11 is 1.87. The maximum Gasteiger partial charge on any atom is 0.247 e. The molecule has 9 heteroatoms. The normalized spacial score (nSPS) is 22.5. The van der Waals surface area contributed by atoms with Crippen molar-refractivity contribution >= 4 is 23.4 Å². The highest BCUT2D eigenvalue weighted by molar-refractivity contribution is 7.98. The van der Waals surface area contributed by atoms with E-state index in [4.69, 9.17) is 0 Å². The fraction of sp³-hybridized carbons (Fsp3) is 0.652. The molecule has 3 heterocycles. The van der Waals surface area contributed by atoms with Gasteiger partial charge in [0.15, 0.2) is 5.82 Å². The molecule has 1 aromatic heterocycles. The molecule has 2 aliphatic heterocycles. The zero-order chi connectivity index (χ0) is 22.0. The Bertz CT molecular complexity index is 906. The van der Waals surface area contributed by atoms with Gasteiger partial charge in [0.25, 0.3) is 0 Å². The summed E-state index contributed by atoms with van der Waals surface area (Å²) in [6.45, 7) is 2.32. The summed E-state index contributed by atoms with van der Waals surface area (Å²) in [6, 6.07) is 10.9. The number of benzene rings is 1. The van der Waals surface area contributed by atoms with Crippen LogP contribution in [0.2, 0.25) is 0 Å². The Morgan fingerprint density at radius 1 is 1.19 bits per heavy atom. The van der Waals surface area contributed by atoms with Crippen molar-refractivity contribution in [3.8, 4) is 0 Å². The minimum absolute atomic E-state index is 0.164. The standard InChI is InChI=1S/C23H33N7OS/c1-32-16-11-20(21-25-26-27-30(21)19-9-5-6-10-19)28-14-12-23(13-15-28)22(31)24-17-29(23)18-7-3-2-4-8-18/h2-4,7-8,19-20H,5-6,9-17H2,1H3,(H,24,31).